The summed E-state index contributed by atoms with van der Waals surface area (Å²) < 4.78 is 0. The molecule has 0 aromatic rings. The Hall–Kier alpha value is -8.61. The van der Waals surface area contributed by atoms with Gasteiger partial charge in [0.15, 0.2) is 5.78 Å². The van der Waals surface area contributed by atoms with Crippen molar-refractivity contribution in [3.63, 3.8) is 0 Å². The van der Waals surface area contributed by atoms with Crippen LogP contribution in [0.25, 0.3) is 0 Å². The predicted octanol–water partition coefficient (Wildman–Crippen LogP) is -3.29. The second kappa shape index (κ2) is 39.3. The minimum Gasteiger partial charge on any atom is -0.356 e. The van der Waals surface area contributed by atoms with Gasteiger partial charge in [0.2, 0.25) is 88.6 Å². The number of likely N-dealkylation sites (N-methyl/N-ethyl adjacent to an activating group) is 10. The van der Waals surface area contributed by atoms with Gasteiger partial charge < -0.3 is 74.7 Å². The smallest absolute Gasteiger partial charge is 0.245 e. The number of nitrogens with zero attached hydrogens (tertiary/aromatic N) is 12. The van der Waals surface area contributed by atoms with E-state index in [4.69, 9.17) is 0 Å². The van der Waals surface area contributed by atoms with E-state index in [0.29, 0.717) is 45.2 Å². The summed E-state index contributed by atoms with van der Waals surface area (Å²) in [6.45, 7) is 8.24. The van der Waals surface area contributed by atoms with Crippen molar-refractivity contribution in [1.29, 1.82) is 0 Å². The van der Waals surface area contributed by atoms with Crippen LogP contribution in [0.1, 0.15) is 106 Å². The normalized spacial score (nSPS) is 14.8. The van der Waals surface area contributed by atoms with Gasteiger partial charge in [0.1, 0.15) is 23.9 Å². The van der Waals surface area contributed by atoms with E-state index in [0.717, 1.165) is 49.0 Å². The largest absolute Gasteiger partial charge is 0.356 e. The summed E-state index contributed by atoms with van der Waals surface area (Å²) in [5.74, 6) is -9.09. The molecule has 95 heavy (non-hydrogen) atoms. The Bertz CT molecular complexity index is 2810. The molecule has 2 rings (SSSR count). The van der Waals surface area contributed by atoms with Crippen LogP contribution in [0.2, 0.25) is 0 Å². The topological polar surface area (TPSA) is 365 Å². The lowest BCUT2D eigenvalue weighted by atomic mass is 9.99. The van der Waals surface area contributed by atoms with Crippen LogP contribution in [0, 0.1) is 17.8 Å². The van der Waals surface area contributed by atoms with E-state index >= 15 is 0 Å². The molecule has 2 saturated heterocycles. The third-order valence-electron chi connectivity index (χ3n) is 16.5. The first kappa shape index (κ1) is 82.5. The molecule has 0 saturated carbocycles. The summed E-state index contributed by atoms with van der Waals surface area (Å²) in [4.78, 5) is 235. The fourth-order valence-electron chi connectivity index (χ4n) is 10.0. The number of carbonyl (C=O) groups is 17. The molecule has 0 unspecified atom stereocenters. The Morgan fingerprint density at radius 2 is 0.737 bits per heavy atom. The van der Waals surface area contributed by atoms with Gasteiger partial charge in [-0.1, -0.05) is 41.5 Å². The summed E-state index contributed by atoms with van der Waals surface area (Å²) in [6.07, 6.45) is 3.20. The Morgan fingerprint density at radius 3 is 1.09 bits per heavy atom. The molecular formula is C63H105N15O17. The third-order valence-corrected chi connectivity index (χ3v) is 16.5. The zero-order chi connectivity index (χ0) is 72.5. The lowest BCUT2D eigenvalue weighted by molar-refractivity contribution is -0.148. The van der Waals surface area contributed by atoms with Crippen LogP contribution in [0.5, 0.6) is 0 Å². The van der Waals surface area contributed by atoms with Crippen molar-refractivity contribution in [1.82, 2.24) is 74.7 Å². The van der Waals surface area contributed by atoms with E-state index in [1.165, 1.54) is 82.3 Å². The Balaban J connectivity index is 1.79. The molecule has 0 aromatic carbocycles. The maximum Gasteiger partial charge on any atom is 0.245 e. The van der Waals surface area contributed by atoms with E-state index in [1.54, 1.807) is 32.6 Å². The fourth-order valence-corrected chi connectivity index (χ4v) is 10.0. The van der Waals surface area contributed by atoms with Crippen LogP contribution in [-0.2, 0) is 81.5 Å². The standard InChI is InChI=1S/C63H105N15O17/c1-40(2)29-44(62(94)78-28-20-22-46(78)63(95)77-27-19-21-45(77)60(92)42(5)6)66-61(93)43(7)65-49(81)30-67(8)51(83)32-69(10)53(85)34-71(12)55(87)36-73(14)57(89)38-75(16)59(91)39-76(17)58(90)37-74(15)56(88)35-72(13)54(86)33-70(11)52(84)31-68(9)50(82)25-26-64-48(80)24-18-23-47(79)41(3)4/h40-46H,18-39H2,1-17H3,(H,64,80)(H,65,81)(H,66,93)/t43-,44-,45-,46-/m0/s1. The van der Waals surface area contributed by atoms with Crippen molar-refractivity contribution in [2.75, 3.05) is 156 Å². The fraction of sp³-hybridized carbons (Fsp3) is 0.730. The van der Waals surface area contributed by atoms with Gasteiger partial charge in [-0.05, 0) is 51.4 Å². The zero-order valence-electron chi connectivity index (χ0n) is 58.9. The van der Waals surface area contributed by atoms with Crippen molar-refractivity contribution >= 4 is 100 Å². The molecule has 0 radical (unpaired) electrons. The highest BCUT2D eigenvalue weighted by Crippen LogP contribution is 2.28. The SMILES string of the molecule is CC(C)C[C@H](NC(=O)[C@H](C)NC(=O)CN(C)C(=O)CN(C)C(=O)CN(C)C(=O)CN(C)C(=O)CN(C)C(=O)CN(C)C(=O)CN(C)C(=O)CN(C)C(=O)CN(C)C(=O)CN(C)C(=O)CCNC(=O)CCCC(=O)C(C)C)C(=O)N1CCC[C@H]1C(=O)N1CCC[C@H]1C(=O)C(C)C. The van der Waals surface area contributed by atoms with Crippen LogP contribution in [0.4, 0.5) is 0 Å². The molecule has 32 nitrogen and oxygen atoms in total. The highest BCUT2D eigenvalue weighted by atomic mass is 16.2. The van der Waals surface area contributed by atoms with Crippen molar-refractivity contribution in [2.45, 2.75) is 130 Å². The summed E-state index contributed by atoms with van der Waals surface area (Å²) in [7, 11) is 13.2. The van der Waals surface area contributed by atoms with E-state index in [1.807, 2.05) is 13.8 Å². The lowest BCUT2D eigenvalue weighted by Gasteiger charge is -2.34. The summed E-state index contributed by atoms with van der Waals surface area (Å²) in [5, 5.41) is 7.90. The molecule has 0 spiro atoms. The van der Waals surface area contributed by atoms with E-state index in [2.05, 4.69) is 16.0 Å². The highest BCUT2D eigenvalue weighted by molar-refractivity contribution is 5.98. The molecule has 2 fully saturated rings. The number of nitrogens with one attached hydrogen (secondary N) is 3. The number of amides is 15. The first-order chi connectivity index (χ1) is 44.2. The van der Waals surface area contributed by atoms with Crippen molar-refractivity contribution < 1.29 is 81.5 Å². The average Bonchev–Trinajstić information content (AvgIpc) is 1.68. The Morgan fingerprint density at radius 1 is 0.389 bits per heavy atom. The number of hydrogen-bond donors (Lipinski definition) is 3. The van der Waals surface area contributed by atoms with Crippen LogP contribution in [0.3, 0.4) is 0 Å². The molecule has 0 bridgehead atoms. The van der Waals surface area contributed by atoms with Gasteiger partial charge in [0.05, 0.1) is 71.5 Å². The first-order valence-corrected chi connectivity index (χ1v) is 32.1. The number of likely N-dealkylation sites (tertiary alicyclic amines) is 2. The molecule has 2 aliphatic heterocycles. The summed E-state index contributed by atoms with van der Waals surface area (Å²) in [5.41, 5.74) is 0. The minimum absolute atomic E-state index is 0.0221. The molecule has 0 aliphatic carbocycles. The number of ketones is 2. The third kappa shape index (κ3) is 27.3. The molecule has 3 N–H and O–H groups in total. The van der Waals surface area contributed by atoms with Crippen LogP contribution >= 0.6 is 0 Å². The highest BCUT2D eigenvalue weighted by Gasteiger charge is 2.44. The van der Waals surface area contributed by atoms with E-state index in [9.17, 15) is 81.5 Å². The zero-order valence-corrected chi connectivity index (χ0v) is 58.9. The Kier molecular flexibility index (Phi) is 34.1. The predicted molar refractivity (Wildman–Crippen MR) is 346 cm³/mol. The van der Waals surface area contributed by atoms with Gasteiger partial charge in [0.25, 0.3) is 0 Å². The summed E-state index contributed by atoms with van der Waals surface area (Å²) >= 11 is 0. The van der Waals surface area contributed by atoms with Crippen LogP contribution in [0.15, 0.2) is 0 Å². The van der Waals surface area contributed by atoms with Gasteiger partial charge in [0, 0.05) is 121 Å². The molecule has 15 amide bonds. The van der Waals surface area contributed by atoms with E-state index < -0.39 is 160 Å². The number of hydrogen-bond acceptors (Lipinski definition) is 17. The maximum absolute atomic E-state index is 14.1. The number of rotatable bonds is 37. The van der Waals surface area contributed by atoms with Gasteiger partial charge in [-0.25, -0.2) is 0 Å². The van der Waals surface area contributed by atoms with Crippen molar-refractivity contribution in [3.05, 3.63) is 0 Å². The lowest BCUT2D eigenvalue weighted by Crippen LogP contribution is -2.57. The minimum atomic E-state index is -1.15. The number of Topliss-reactive ketones (excluding diaryl/α,β-unsaturated/α-hetero) is 2. The Labute approximate surface area is 558 Å². The monoisotopic (exact) mass is 1340 g/mol. The summed E-state index contributed by atoms with van der Waals surface area (Å²) in [6, 6.07) is -3.49. The molecule has 0 aromatic heterocycles. The average molecular weight is 1340 g/mol. The molecule has 2 aliphatic rings. The van der Waals surface area contributed by atoms with Crippen LogP contribution < -0.4 is 16.0 Å². The second-order valence-electron chi connectivity index (χ2n) is 26.0. The molecule has 32 heteroatoms. The molecule has 4 atom stereocenters. The number of carbonyl (C=O) groups excluding carboxylic acids is 17. The van der Waals surface area contributed by atoms with Crippen molar-refractivity contribution in [3.8, 4) is 0 Å². The van der Waals surface area contributed by atoms with Gasteiger partial charge >= 0.3 is 0 Å². The van der Waals surface area contributed by atoms with E-state index in [-0.39, 0.29) is 79.9 Å². The first-order valence-electron chi connectivity index (χ1n) is 32.1. The molecular weight excluding hydrogens is 1240 g/mol. The van der Waals surface area contributed by atoms with Gasteiger partial charge in [-0.3, -0.25) is 81.5 Å². The van der Waals surface area contributed by atoms with Gasteiger partial charge in [-0.15, -0.1) is 0 Å². The molecule has 534 valence electrons. The quantitative estimate of drug-likeness (QED) is 0.0549. The maximum atomic E-state index is 14.1. The van der Waals surface area contributed by atoms with Crippen molar-refractivity contribution in [2.24, 2.45) is 17.8 Å². The second-order valence-corrected chi connectivity index (χ2v) is 26.0. The van der Waals surface area contributed by atoms with Gasteiger partial charge in [-0.2, -0.15) is 0 Å². The molecule has 2 heterocycles. The van der Waals surface area contributed by atoms with Crippen LogP contribution in [-0.4, -0.2) is 339 Å².